The zero-order valence-corrected chi connectivity index (χ0v) is 19.1. The molecule has 0 N–H and O–H groups in total. The fourth-order valence-electron chi connectivity index (χ4n) is 5.75. The molecule has 4 aliphatic rings. The lowest BCUT2D eigenvalue weighted by atomic mass is 9.48. The van der Waals surface area contributed by atoms with Gasteiger partial charge in [-0.2, -0.15) is 0 Å². The number of rotatable bonds is 5. The van der Waals surface area contributed by atoms with Crippen molar-refractivity contribution in [1.29, 1.82) is 0 Å². The van der Waals surface area contributed by atoms with Gasteiger partial charge in [-0.25, -0.2) is 9.59 Å². The van der Waals surface area contributed by atoms with E-state index >= 15 is 0 Å². The third kappa shape index (κ3) is 5.21. The minimum atomic E-state index is -1.86. The molecule has 0 heterocycles. The first-order chi connectivity index (χ1) is 14.2. The van der Waals surface area contributed by atoms with Crippen LogP contribution in [-0.2, 0) is 33.4 Å². The minimum Gasteiger partial charge on any atom is -0.550 e. The van der Waals surface area contributed by atoms with Crippen LogP contribution < -0.4 is 5.11 Å². The van der Waals surface area contributed by atoms with Crippen molar-refractivity contribution in [2.45, 2.75) is 84.5 Å². The molecule has 0 amide bonds. The first-order valence-corrected chi connectivity index (χ1v) is 11.0. The molecule has 8 heteroatoms. The maximum atomic E-state index is 13.2. The first-order valence-electron chi connectivity index (χ1n) is 11.0. The average molecular weight is 438 g/mol. The van der Waals surface area contributed by atoms with Gasteiger partial charge in [0, 0.05) is 11.9 Å². The third-order valence-corrected chi connectivity index (χ3v) is 6.44. The Kier molecular flexibility index (Phi) is 6.15. The molecule has 8 nitrogen and oxygen atoms in total. The van der Waals surface area contributed by atoms with Crippen molar-refractivity contribution in [2.24, 2.45) is 35.5 Å². The lowest BCUT2D eigenvalue weighted by molar-refractivity contribution is -0.320. The zero-order chi connectivity index (χ0) is 23.3. The molecule has 0 saturated heterocycles. The fraction of sp³-hybridized carbons (Fsp3) is 0.826. The largest absolute Gasteiger partial charge is 0.550 e. The van der Waals surface area contributed by atoms with Crippen LogP contribution in [0.1, 0.15) is 67.2 Å². The van der Waals surface area contributed by atoms with E-state index in [2.05, 4.69) is 0 Å². The molecule has 6 atom stereocenters. The number of hydrogen-bond acceptors (Lipinski definition) is 8. The van der Waals surface area contributed by atoms with Gasteiger partial charge in [0.2, 0.25) is 0 Å². The Hall–Kier alpha value is -2.12. The summed E-state index contributed by atoms with van der Waals surface area (Å²) < 4.78 is 16.0. The van der Waals surface area contributed by atoms with Crippen molar-refractivity contribution < 1.29 is 38.5 Å². The smallest absolute Gasteiger partial charge is 0.359 e. The summed E-state index contributed by atoms with van der Waals surface area (Å²) in [7, 11) is 0. The second-order valence-electron chi connectivity index (χ2n) is 11.2. The highest BCUT2D eigenvalue weighted by Gasteiger charge is 2.57. The quantitative estimate of drug-likeness (QED) is 0.362. The van der Waals surface area contributed by atoms with Crippen LogP contribution in [0.3, 0.4) is 0 Å². The van der Waals surface area contributed by atoms with E-state index in [1.165, 1.54) is 0 Å². The monoisotopic (exact) mass is 437 g/mol. The maximum Gasteiger partial charge on any atom is 0.359 e. The number of hydrogen-bond donors (Lipinski definition) is 0. The molecule has 4 rings (SSSR count). The van der Waals surface area contributed by atoms with Gasteiger partial charge in [-0.3, -0.25) is 4.79 Å². The Morgan fingerprint density at radius 1 is 0.774 bits per heavy atom. The molecule has 4 bridgehead atoms. The molecule has 0 aromatic rings. The van der Waals surface area contributed by atoms with Gasteiger partial charge in [0.15, 0.2) is 0 Å². The molecule has 0 radical (unpaired) electrons. The van der Waals surface area contributed by atoms with Crippen molar-refractivity contribution in [2.75, 3.05) is 0 Å². The summed E-state index contributed by atoms with van der Waals surface area (Å²) in [6, 6.07) is 0. The van der Waals surface area contributed by atoms with Gasteiger partial charge in [0.1, 0.15) is 11.2 Å². The van der Waals surface area contributed by atoms with Gasteiger partial charge in [0.25, 0.3) is 6.10 Å². The SMILES string of the molecule is CC(C)(C)OC(=O)C(OC(=O)C1C2CC3CC(C2)C(C(=O)[O-])C1C3)C(=O)OC(C)(C)C. The molecular formula is C23H33O8-. The number of carbonyl (C=O) groups is 4. The lowest BCUT2D eigenvalue weighted by Crippen LogP contribution is -2.58. The van der Waals surface area contributed by atoms with Gasteiger partial charge in [-0.15, -0.1) is 0 Å². The van der Waals surface area contributed by atoms with E-state index in [0.717, 1.165) is 12.8 Å². The number of ether oxygens (including phenoxy) is 3. The summed E-state index contributed by atoms with van der Waals surface area (Å²) in [5.41, 5.74) is -1.79. The summed E-state index contributed by atoms with van der Waals surface area (Å²) in [4.78, 5) is 50.4. The summed E-state index contributed by atoms with van der Waals surface area (Å²) in [6.07, 6.45) is 1.07. The van der Waals surface area contributed by atoms with Crippen molar-refractivity contribution in [3.63, 3.8) is 0 Å². The Morgan fingerprint density at radius 2 is 1.26 bits per heavy atom. The van der Waals surface area contributed by atoms with E-state index in [1.54, 1.807) is 41.5 Å². The average Bonchev–Trinajstić information content (AvgIpc) is 2.55. The number of esters is 3. The highest BCUT2D eigenvalue weighted by molar-refractivity contribution is 6.00. The van der Waals surface area contributed by atoms with E-state index < -0.39 is 58.9 Å². The molecule has 4 fully saturated rings. The van der Waals surface area contributed by atoms with E-state index in [9.17, 15) is 24.3 Å². The molecule has 4 aliphatic carbocycles. The predicted molar refractivity (Wildman–Crippen MR) is 106 cm³/mol. The number of carboxylic acid groups (broad SMARTS) is 1. The van der Waals surface area contributed by atoms with Gasteiger partial charge in [-0.1, -0.05) is 0 Å². The van der Waals surface area contributed by atoms with Gasteiger partial charge in [-0.05, 0) is 90.9 Å². The first kappa shape index (κ1) is 23.5. The number of aliphatic carboxylic acids is 1. The van der Waals surface area contributed by atoms with E-state index in [1.807, 2.05) is 0 Å². The molecule has 0 spiro atoms. The Morgan fingerprint density at radius 3 is 1.71 bits per heavy atom. The third-order valence-electron chi connectivity index (χ3n) is 6.44. The molecule has 31 heavy (non-hydrogen) atoms. The van der Waals surface area contributed by atoms with Crippen LogP contribution in [0.2, 0.25) is 0 Å². The summed E-state index contributed by atoms with van der Waals surface area (Å²) in [6.45, 7) is 9.84. The lowest BCUT2D eigenvalue weighted by Gasteiger charge is -2.57. The van der Waals surface area contributed by atoms with Gasteiger partial charge < -0.3 is 24.1 Å². The molecule has 174 valence electrons. The minimum absolute atomic E-state index is 0.0106. The van der Waals surface area contributed by atoms with Crippen LogP contribution in [0, 0.1) is 35.5 Å². The fourth-order valence-corrected chi connectivity index (χ4v) is 5.75. The van der Waals surface area contributed by atoms with Crippen LogP contribution >= 0.6 is 0 Å². The van der Waals surface area contributed by atoms with E-state index in [0.29, 0.717) is 18.8 Å². The second kappa shape index (κ2) is 8.10. The Labute approximate surface area is 183 Å². The standard InChI is InChI=1S/C23H34O8/c1-22(2,3)30-20(27)17(21(28)31-23(4,5)6)29-19(26)16-13-8-11-7-12(10-13)15(18(24)25)14(16)9-11/h11-17H,7-10H2,1-6H3,(H,24,25)/p-1. The van der Waals surface area contributed by atoms with Crippen molar-refractivity contribution >= 4 is 23.9 Å². The predicted octanol–water partition coefficient (Wildman–Crippen LogP) is 1.63. The summed E-state index contributed by atoms with van der Waals surface area (Å²) in [5.74, 6) is -5.25. The zero-order valence-electron chi connectivity index (χ0n) is 19.1. The highest BCUT2D eigenvalue weighted by Crippen LogP contribution is 2.59. The number of carboxylic acids is 1. The van der Waals surface area contributed by atoms with Crippen LogP contribution in [0.15, 0.2) is 0 Å². The van der Waals surface area contributed by atoms with Gasteiger partial charge >= 0.3 is 17.9 Å². The Bertz CT molecular complexity index is 731. The summed E-state index contributed by atoms with van der Waals surface area (Å²) in [5, 5.41) is 11.8. The van der Waals surface area contributed by atoms with Crippen molar-refractivity contribution in [3.05, 3.63) is 0 Å². The normalized spacial score (nSPS) is 32.0. The molecular weight excluding hydrogens is 404 g/mol. The van der Waals surface area contributed by atoms with Crippen LogP contribution in [0.25, 0.3) is 0 Å². The molecule has 0 aromatic carbocycles. The van der Waals surface area contributed by atoms with Gasteiger partial charge in [0.05, 0.1) is 5.92 Å². The second-order valence-corrected chi connectivity index (χ2v) is 11.2. The van der Waals surface area contributed by atoms with Crippen molar-refractivity contribution in [3.8, 4) is 0 Å². The maximum absolute atomic E-state index is 13.2. The molecule has 0 aliphatic heterocycles. The van der Waals surface area contributed by atoms with E-state index in [4.69, 9.17) is 14.2 Å². The highest BCUT2D eigenvalue weighted by atomic mass is 16.6. The molecule has 0 aromatic heterocycles. The van der Waals surface area contributed by atoms with Crippen LogP contribution in [0.4, 0.5) is 0 Å². The molecule has 6 unspecified atom stereocenters. The van der Waals surface area contributed by atoms with Crippen LogP contribution in [-0.4, -0.2) is 41.2 Å². The van der Waals surface area contributed by atoms with Crippen LogP contribution in [0.5, 0.6) is 0 Å². The number of carbonyl (C=O) groups excluding carboxylic acids is 4. The molecule has 4 saturated carbocycles. The van der Waals surface area contributed by atoms with Crippen molar-refractivity contribution in [1.82, 2.24) is 0 Å². The summed E-state index contributed by atoms with van der Waals surface area (Å²) >= 11 is 0. The topological polar surface area (TPSA) is 119 Å². The Balaban J connectivity index is 1.81. The van der Waals surface area contributed by atoms with E-state index in [-0.39, 0.29) is 11.8 Å².